The molecule has 2 unspecified atom stereocenters. The topological polar surface area (TPSA) is 86.6 Å². The number of rotatable bonds is 4. The molecule has 5 nitrogen and oxygen atoms in total. The highest BCUT2D eigenvalue weighted by atomic mass is 16.4. The molecule has 18 heavy (non-hydrogen) atoms. The van der Waals surface area contributed by atoms with E-state index in [1.54, 1.807) is 0 Å². The van der Waals surface area contributed by atoms with E-state index < -0.39 is 23.3 Å². The highest BCUT2D eigenvalue weighted by molar-refractivity contribution is 5.89. The molecule has 4 atom stereocenters. The first-order valence-electron chi connectivity index (χ1n) is 6.63. The Labute approximate surface area is 107 Å². The quantitative estimate of drug-likeness (QED) is 0.692. The Morgan fingerprint density at radius 2 is 2.11 bits per heavy atom. The van der Waals surface area contributed by atoms with Crippen LogP contribution in [0.25, 0.3) is 0 Å². The van der Waals surface area contributed by atoms with Crippen LogP contribution in [0.4, 0.5) is 0 Å². The van der Waals surface area contributed by atoms with Crippen molar-refractivity contribution >= 4 is 11.9 Å². The molecule has 1 amide bonds. The number of hydrogen-bond donors (Lipinski definition) is 3. The van der Waals surface area contributed by atoms with Crippen molar-refractivity contribution in [3.63, 3.8) is 0 Å². The summed E-state index contributed by atoms with van der Waals surface area (Å²) in [6.07, 6.45) is 4.11. The Kier molecular flexibility index (Phi) is 3.61. The zero-order valence-corrected chi connectivity index (χ0v) is 10.7. The number of carboxylic acids is 1. The van der Waals surface area contributed by atoms with Gasteiger partial charge < -0.3 is 15.5 Å². The third-order valence-corrected chi connectivity index (χ3v) is 4.23. The van der Waals surface area contributed by atoms with Crippen LogP contribution >= 0.6 is 0 Å². The highest BCUT2D eigenvalue weighted by Crippen LogP contribution is 2.40. The van der Waals surface area contributed by atoms with Gasteiger partial charge in [-0.1, -0.05) is 19.8 Å². The predicted octanol–water partition coefficient (Wildman–Crippen LogP) is 0.764. The van der Waals surface area contributed by atoms with Crippen molar-refractivity contribution in [2.75, 3.05) is 6.61 Å². The van der Waals surface area contributed by atoms with E-state index in [0.717, 1.165) is 25.7 Å². The number of nitrogens with one attached hydrogen (secondary N) is 1. The van der Waals surface area contributed by atoms with Gasteiger partial charge in [0.05, 0.1) is 24.0 Å². The molecule has 0 spiro atoms. The zero-order chi connectivity index (χ0) is 13.3. The van der Waals surface area contributed by atoms with E-state index in [9.17, 15) is 14.7 Å². The molecule has 102 valence electrons. The van der Waals surface area contributed by atoms with Crippen molar-refractivity contribution in [2.24, 2.45) is 17.8 Å². The van der Waals surface area contributed by atoms with Gasteiger partial charge in [0.1, 0.15) is 0 Å². The van der Waals surface area contributed by atoms with Crippen molar-refractivity contribution < 1.29 is 19.8 Å². The Bertz CT molecular complexity index is 357. The number of carbonyl (C=O) groups is 2. The third kappa shape index (κ3) is 2.66. The van der Waals surface area contributed by atoms with Crippen molar-refractivity contribution in [1.29, 1.82) is 0 Å². The lowest BCUT2D eigenvalue weighted by Crippen LogP contribution is -2.54. The molecule has 3 N–H and O–H groups in total. The average Bonchev–Trinajstić information content (AvgIpc) is 3.09. The number of carbonyl (C=O) groups excluding carboxylic acids is 1. The molecule has 0 aromatic carbocycles. The molecule has 2 aliphatic carbocycles. The van der Waals surface area contributed by atoms with Gasteiger partial charge in [-0.05, 0) is 25.2 Å². The summed E-state index contributed by atoms with van der Waals surface area (Å²) in [7, 11) is 0. The van der Waals surface area contributed by atoms with Crippen LogP contribution in [0.1, 0.15) is 39.0 Å². The fourth-order valence-electron chi connectivity index (χ4n) is 3.07. The van der Waals surface area contributed by atoms with Crippen molar-refractivity contribution in [2.45, 2.75) is 44.6 Å². The van der Waals surface area contributed by atoms with Crippen LogP contribution in [0.5, 0.6) is 0 Å². The fourth-order valence-corrected chi connectivity index (χ4v) is 3.07. The summed E-state index contributed by atoms with van der Waals surface area (Å²) in [4.78, 5) is 22.7. The lowest BCUT2D eigenvalue weighted by atomic mass is 9.76. The van der Waals surface area contributed by atoms with Crippen LogP contribution in [-0.4, -0.2) is 34.2 Å². The van der Waals surface area contributed by atoms with E-state index in [0.29, 0.717) is 12.3 Å². The van der Waals surface area contributed by atoms with Crippen LogP contribution < -0.4 is 5.32 Å². The summed E-state index contributed by atoms with van der Waals surface area (Å²) in [6.45, 7) is 2.06. The first kappa shape index (κ1) is 13.3. The number of amides is 1. The summed E-state index contributed by atoms with van der Waals surface area (Å²) >= 11 is 0. The molecular weight excluding hydrogens is 234 g/mol. The average molecular weight is 255 g/mol. The summed E-state index contributed by atoms with van der Waals surface area (Å²) < 4.78 is 0. The van der Waals surface area contributed by atoms with E-state index >= 15 is 0 Å². The van der Waals surface area contributed by atoms with Crippen LogP contribution in [0.3, 0.4) is 0 Å². The SMILES string of the molecule is CC1CCCC(CO)(NC(=O)[C@@H]2C[C@@H]2C(=O)O)C1. The Morgan fingerprint density at radius 3 is 2.61 bits per heavy atom. The maximum Gasteiger partial charge on any atom is 0.307 e. The van der Waals surface area contributed by atoms with E-state index in [1.807, 2.05) is 0 Å². The van der Waals surface area contributed by atoms with Gasteiger partial charge in [-0.3, -0.25) is 9.59 Å². The van der Waals surface area contributed by atoms with Gasteiger partial charge in [0.2, 0.25) is 5.91 Å². The van der Waals surface area contributed by atoms with Crippen LogP contribution in [0.15, 0.2) is 0 Å². The van der Waals surface area contributed by atoms with Gasteiger partial charge in [0.25, 0.3) is 0 Å². The lowest BCUT2D eigenvalue weighted by Gasteiger charge is -2.39. The Morgan fingerprint density at radius 1 is 1.39 bits per heavy atom. The molecule has 5 heteroatoms. The first-order valence-corrected chi connectivity index (χ1v) is 6.63. The molecule has 0 aromatic heterocycles. The van der Waals surface area contributed by atoms with E-state index in [2.05, 4.69) is 12.2 Å². The van der Waals surface area contributed by atoms with E-state index in [1.165, 1.54) is 0 Å². The molecule has 2 fully saturated rings. The monoisotopic (exact) mass is 255 g/mol. The second-order valence-corrected chi connectivity index (χ2v) is 5.92. The number of carboxylic acid groups (broad SMARTS) is 1. The molecule has 0 bridgehead atoms. The smallest absolute Gasteiger partial charge is 0.307 e. The summed E-state index contributed by atoms with van der Waals surface area (Å²) in [5.74, 6) is -1.54. The predicted molar refractivity (Wildman–Crippen MR) is 64.8 cm³/mol. The van der Waals surface area contributed by atoms with Gasteiger partial charge in [-0.25, -0.2) is 0 Å². The zero-order valence-electron chi connectivity index (χ0n) is 10.7. The maximum atomic E-state index is 12.0. The fraction of sp³-hybridized carbons (Fsp3) is 0.846. The maximum absolute atomic E-state index is 12.0. The van der Waals surface area contributed by atoms with Crippen LogP contribution in [0.2, 0.25) is 0 Å². The largest absolute Gasteiger partial charge is 0.481 e. The molecule has 2 saturated carbocycles. The standard InChI is InChI=1S/C13H21NO4/c1-8-3-2-4-13(6-8,7-15)14-11(16)9-5-10(9)12(17)18/h8-10,15H,2-7H2,1H3,(H,14,16)(H,17,18)/t8?,9-,10+,13?/m1/s1. The summed E-state index contributed by atoms with van der Waals surface area (Å²) in [5.41, 5.74) is -0.527. The molecule has 2 aliphatic rings. The van der Waals surface area contributed by atoms with E-state index in [4.69, 9.17) is 5.11 Å². The molecular formula is C13H21NO4. The molecule has 2 rings (SSSR count). The molecule has 0 aromatic rings. The van der Waals surface area contributed by atoms with Crippen molar-refractivity contribution in [3.8, 4) is 0 Å². The Hall–Kier alpha value is -1.10. The minimum Gasteiger partial charge on any atom is -0.481 e. The van der Waals surface area contributed by atoms with Gasteiger partial charge in [-0.15, -0.1) is 0 Å². The molecule has 0 saturated heterocycles. The number of aliphatic carboxylic acids is 1. The molecule has 0 radical (unpaired) electrons. The van der Waals surface area contributed by atoms with Crippen molar-refractivity contribution in [1.82, 2.24) is 5.32 Å². The second kappa shape index (κ2) is 4.88. The van der Waals surface area contributed by atoms with E-state index in [-0.39, 0.29) is 12.5 Å². The van der Waals surface area contributed by atoms with Gasteiger partial charge in [0, 0.05) is 0 Å². The normalized spacial score (nSPS) is 39.1. The van der Waals surface area contributed by atoms with Gasteiger partial charge in [0.15, 0.2) is 0 Å². The van der Waals surface area contributed by atoms with Gasteiger partial charge >= 0.3 is 5.97 Å². The van der Waals surface area contributed by atoms with Crippen LogP contribution in [0, 0.1) is 17.8 Å². The van der Waals surface area contributed by atoms with Gasteiger partial charge in [-0.2, -0.15) is 0 Å². The molecule has 0 aliphatic heterocycles. The van der Waals surface area contributed by atoms with Crippen LogP contribution in [-0.2, 0) is 9.59 Å². The minimum absolute atomic E-state index is 0.0620. The minimum atomic E-state index is -0.898. The summed E-state index contributed by atoms with van der Waals surface area (Å²) in [5, 5.41) is 21.3. The first-order chi connectivity index (χ1) is 8.47. The third-order valence-electron chi connectivity index (χ3n) is 4.23. The van der Waals surface area contributed by atoms with Crippen molar-refractivity contribution in [3.05, 3.63) is 0 Å². The number of aliphatic hydroxyl groups excluding tert-OH is 1. The Balaban J connectivity index is 1.94. The number of aliphatic hydroxyl groups is 1. The summed E-state index contributed by atoms with van der Waals surface area (Å²) in [6, 6.07) is 0. The number of hydrogen-bond acceptors (Lipinski definition) is 3. The molecule has 0 heterocycles. The lowest BCUT2D eigenvalue weighted by molar-refractivity contribution is -0.140. The highest BCUT2D eigenvalue weighted by Gasteiger charge is 2.50. The second-order valence-electron chi connectivity index (χ2n) is 5.92.